The average molecular weight is 266 g/mol. The van der Waals surface area contributed by atoms with Gasteiger partial charge in [-0.1, -0.05) is 48.4 Å². The molecule has 2 bridgehead atoms. The SMILES string of the molecule is O=C1C2CCCC1C(c1ccccc1)C1CCCC=C21. The van der Waals surface area contributed by atoms with Gasteiger partial charge in [-0.2, -0.15) is 0 Å². The Morgan fingerprint density at radius 1 is 0.900 bits per heavy atom. The highest BCUT2D eigenvalue weighted by Crippen LogP contribution is 2.54. The molecular formula is C19H22O. The van der Waals surface area contributed by atoms with Crippen LogP contribution in [0.25, 0.3) is 0 Å². The van der Waals surface area contributed by atoms with Gasteiger partial charge in [-0.15, -0.1) is 0 Å². The van der Waals surface area contributed by atoms with Crippen molar-refractivity contribution in [3.63, 3.8) is 0 Å². The predicted molar refractivity (Wildman–Crippen MR) is 80.4 cm³/mol. The second kappa shape index (κ2) is 4.87. The number of rotatable bonds is 1. The van der Waals surface area contributed by atoms with Crippen LogP contribution in [0, 0.1) is 17.8 Å². The van der Waals surface area contributed by atoms with E-state index in [-0.39, 0.29) is 11.8 Å². The van der Waals surface area contributed by atoms with E-state index in [2.05, 4.69) is 36.4 Å². The van der Waals surface area contributed by atoms with E-state index in [0.717, 1.165) is 12.8 Å². The summed E-state index contributed by atoms with van der Waals surface area (Å²) in [5.74, 6) is 2.20. The maximum absolute atomic E-state index is 12.8. The largest absolute Gasteiger partial charge is 0.299 e. The number of hydrogen-bond donors (Lipinski definition) is 0. The quantitative estimate of drug-likeness (QED) is 0.684. The number of carbonyl (C=O) groups excluding carboxylic acids is 1. The number of carbonyl (C=O) groups is 1. The molecule has 20 heavy (non-hydrogen) atoms. The van der Waals surface area contributed by atoms with E-state index in [1.165, 1.54) is 36.8 Å². The van der Waals surface area contributed by atoms with E-state index in [9.17, 15) is 4.79 Å². The lowest BCUT2D eigenvalue weighted by Crippen LogP contribution is -2.44. The zero-order valence-electron chi connectivity index (χ0n) is 11.9. The maximum atomic E-state index is 12.8. The number of fused-ring (bicyclic) bond motifs is 4. The molecule has 0 amide bonds. The standard InChI is InChI=1S/C19H22O/c20-19-16-11-6-12-17(19)18(13-7-2-1-3-8-13)15-10-5-4-9-14(15)16/h1-3,7-9,15-18H,4-6,10-12H2. The second-order valence-electron chi connectivity index (χ2n) is 6.67. The highest BCUT2D eigenvalue weighted by Gasteiger charge is 2.48. The van der Waals surface area contributed by atoms with E-state index >= 15 is 0 Å². The molecular weight excluding hydrogens is 244 g/mol. The Kier molecular flexibility index (Phi) is 3.02. The molecule has 2 saturated carbocycles. The molecule has 4 rings (SSSR count). The second-order valence-corrected chi connectivity index (χ2v) is 6.67. The Bertz CT molecular complexity index is 542. The Balaban J connectivity index is 1.81. The molecule has 0 spiro atoms. The van der Waals surface area contributed by atoms with Gasteiger partial charge in [-0.25, -0.2) is 0 Å². The van der Waals surface area contributed by atoms with Crippen molar-refractivity contribution in [2.24, 2.45) is 17.8 Å². The van der Waals surface area contributed by atoms with Gasteiger partial charge in [0.1, 0.15) is 5.78 Å². The van der Waals surface area contributed by atoms with E-state index in [1.54, 1.807) is 0 Å². The third kappa shape index (κ3) is 1.79. The van der Waals surface area contributed by atoms with Crippen LogP contribution in [0.1, 0.15) is 50.0 Å². The minimum Gasteiger partial charge on any atom is -0.299 e. The van der Waals surface area contributed by atoms with Crippen LogP contribution in [0.15, 0.2) is 42.0 Å². The van der Waals surface area contributed by atoms with Crippen LogP contribution in [0.4, 0.5) is 0 Å². The monoisotopic (exact) mass is 266 g/mol. The first-order chi connectivity index (χ1) is 9.86. The Morgan fingerprint density at radius 2 is 1.70 bits per heavy atom. The Morgan fingerprint density at radius 3 is 2.55 bits per heavy atom. The summed E-state index contributed by atoms with van der Waals surface area (Å²) in [7, 11) is 0. The molecule has 1 heteroatoms. The van der Waals surface area contributed by atoms with Crippen LogP contribution in [0.3, 0.4) is 0 Å². The molecule has 0 heterocycles. The Hall–Kier alpha value is -1.37. The van der Waals surface area contributed by atoms with Crippen LogP contribution in [0.2, 0.25) is 0 Å². The molecule has 1 aromatic carbocycles. The van der Waals surface area contributed by atoms with Crippen molar-refractivity contribution in [2.45, 2.75) is 44.4 Å². The van der Waals surface area contributed by atoms with Crippen molar-refractivity contribution in [1.29, 1.82) is 0 Å². The lowest BCUT2D eigenvalue weighted by atomic mass is 9.55. The summed E-state index contributed by atoms with van der Waals surface area (Å²) in [5, 5.41) is 0. The summed E-state index contributed by atoms with van der Waals surface area (Å²) in [6.07, 6.45) is 9.62. The molecule has 0 saturated heterocycles. The van der Waals surface area contributed by atoms with E-state index in [1.807, 2.05) is 0 Å². The van der Waals surface area contributed by atoms with Crippen LogP contribution in [0.5, 0.6) is 0 Å². The number of ketones is 1. The molecule has 2 fully saturated rings. The summed E-state index contributed by atoms with van der Waals surface area (Å²) in [6.45, 7) is 0. The van der Waals surface area contributed by atoms with Gasteiger partial charge < -0.3 is 0 Å². The van der Waals surface area contributed by atoms with Gasteiger partial charge in [0.25, 0.3) is 0 Å². The minimum absolute atomic E-state index is 0.277. The molecule has 3 aliphatic rings. The average Bonchev–Trinajstić information content (AvgIpc) is 2.49. The molecule has 0 aliphatic heterocycles. The smallest absolute Gasteiger partial charge is 0.143 e. The number of benzene rings is 1. The predicted octanol–water partition coefficient (Wildman–Crippen LogP) is 4.50. The summed E-state index contributed by atoms with van der Waals surface area (Å²) in [5.41, 5.74) is 2.90. The molecule has 4 atom stereocenters. The first-order valence-electron chi connectivity index (χ1n) is 8.15. The van der Waals surface area contributed by atoms with Gasteiger partial charge in [-0.05, 0) is 43.6 Å². The highest BCUT2D eigenvalue weighted by molar-refractivity contribution is 5.89. The molecule has 4 unspecified atom stereocenters. The fourth-order valence-corrected chi connectivity index (χ4v) is 4.90. The van der Waals surface area contributed by atoms with Gasteiger partial charge in [0.05, 0.1) is 0 Å². The van der Waals surface area contributed by atoms with Crippen LogP contribution < -0.4 is 0 Å². The molecule has 0 N–H and O–H groups in total. The van der Waals surface area contributed by atoms with Crippen molar-refractivity contribution in [3.05, 3.63) is 47.5 Å². The molecule has 1 nitrogen and oxygen atoms in total. The van der Waals surface area contributed by atoms with Gasteiger partial charge in [-0.3, -0.25) is 4.79 Å². The molecule has 1 aromatic rings. The number of allylic oxidation sites excluding steroid dienone is 2. The normalized spacial score (nSPS) is 36.2. The molecule has 104 valence electrons. The minimum atomic E-state index is 0.277. The first kappa shape index (κ1) is 12.4. The number of Topliss-reactive ketones (excluding diaryl/α,β-unsaturated/α-hetero) is 1. The third-order valence-electron chi connectivity index (χ3n) is 5.70. The van der Waals surface area contributed by atoms with E-state index in [4.69, 9.17) is 0 Å². The fraction of sp³-hybridized carbons (Fsp3) is 0.526. The molecule has 0 aromatic heterocycles. The van der Waals surface area contributed by atoms with Gasteiger partial charge >= 0.3 is 0 Å². The van der Waals surface area contributed by atoms with Gasteiger partial charge in [0.15, 0.2) is 0 Å². The lowest BCUT2D eigenvalue weighted by Gasteiger charge is -2.47. The zero-order valence-corrected chi connectivity index (χ0v) is 11.9. The number of hydrogen-bond acceptors (Lipinski definition) is 1. The molecule has 0 radical (unpaired) electrons. The third-order valence-corrected chi connectivity index (χ3v) is 5.70. The van der Waals surface area contributed by atoms with Crippen LogP contribution in [-0.4, -0.2) is 5.78 Å². The Labute approximate surface area is 121 Å². The van der Waals surface area contributed by atoms with Crippen molar-refractivity contribution >= 4 is 5.78 Å². The van der Waals surface area contributed by atoms with Crippen molar-refractivity contribution in [3.8, 4) is 0 Å². The first-order valence-corrected chi connectivity index (χ1v) is 8.15. The topological polar surface area (TPSA) is 17.1 Å². The van der Waals surface area contributed by atoms with Crippen LogP contribution >= 0.6 is 0 Å². The maximum Gasteiger partial charge on any atom is 0.143 e. The summed E-state index contributed by atoms with van der Waals surface area (Å²) in [6, 6.07) is 10.8. The molecule has 3 aliphatic carbocycles. The van der Waals surface area contributed by atoms with E-state index < -0.39 is 0 Å². The summed E-state index contributed by atoms with van der Waals surface area (Å²) < 4.78 is 0. The zero-order chi connectivity index (χ0) is 13.5. The van der Waals surface area contributed by atoms with Crippen LogP contribution in [-0.2, 0) is 4.79 Å². The van der Waals surface area contributed by atoms with Crippen molar-refractivity contribution < 1.29 is 4.79 Å². The van der Waals surface area contributed by atoms with Gasteiger partial charge in [0.2, 0.25) is 0 Å². The summed E-state index contributed by atoms with van der Waals surface area (Å²) in [4.78, 5) is 12.8. The lowest BCUT2D eigenvalue weighted by molar-refractivity contribution is -0.131. The van der Waals surface area contributed by atoms with Crippen molar-refractivity contribution in [1.82, 2.24) is 0 Å². The fourth-order valence-electron chi connectivity index (χ4n) is 4.90. The van der Waals surface area contributed by atoms with E-state index in [0.29, 0.717) is 17.6 Å². The summed E-state index contributed by atoms with van der Waals surface area (Å²) >= 11 is 0. The van der Waals surface area contributed by atoms with Crippen molar-refractivity contribution in [2.75, 3.05) is 0 Å². The van der Waals surface area contributed by atoms with Gasteiger partial charge in [0, 0.05) is 17.8 Å². The highest BCUT2D eigenvalue weighted by atomic mass is 16.1.